The third-order valence-corrected chi connectivity index (χ3v) is 4.51. The summed E-state index contributed by atoms with van der Waals surface area (Å²) in [7, 11) is 0. The first-order valence-corrected chi connectivity index (χ1v) is 7.80. The van der Waals surface area contributed by atoms with Gasteiger partial charge in [0.05, 0.1) is 5.54 Å². The Morgan fingerprint density at radius 1 is 1.10 bits per heavy atom. The van der Waals surface area contributed by atoms with Crippen molar-refractivity contribution in [3.05, 3.63) is 35.4 Å². The van der Waals surface area contributed by atoms with E-state index in [0.717, 1.165) is 12.8 Å². The Labute approximate surface area is 127 Å². The second kappa shape index (κ2) is 6.62. The van der Waals surface area contributed by atoms with Crippen molar-refractivity contribution >= 4 is 17.5 Å². The highest BCUT2D eigenvalue weighted by Gasteiger charge is 2.27. The summed E-state index contributed by atoms with van der Waals surface area (Å²) in [6.45, 7) is 10.6. The number of hydrogen-bond acceptors (Lipinski definition) is 1. The molecule has 0 heterocycles. The van der Waals surface area contributed by atoms with Gasteiger partial charge in [-0.3, -0.25) is 4.79 Å². The third kappa shape index (κ3) is 3.99. The molecule has 0 radical (unpaired) electrons. The molecule has 0 fully saturated rings. The van der Waals surface area contributed by atoms with E-state index in [4.69, 9.17) is 11.6 Å². The van der Waals surface area contributed by atoms with Crippen molar-refractivity contribution < 1.29 is 4.79 Å². The molecular formula is C17H26ClNO. The predicted molar refractivity (Wildman–Crippen MR) is 86.6 cm³/mol. The van der Waals surface area contributed by atoms with Crippen molar-refractivity contribution in [3.8, 4) is 0 Å². The van der Waals surface area contributed by atoms with E-state index >= 15 is 0 Å². The number of amides is 1. The van der Waals surface area contributed by atoms with Crippen LogP contribution in [0.15, 0.2) is 24.3 Å². The maximum Gasteiger partial charge on any atom is 0.251 e. The summed E-state index contributed by atoms with van der Waals surface area (Å²) in [5, 5.41) is 3.08. The summed E-state index contributed by atoms with van der Waals surface area (Å²) in [6, 6.07) is 7.82. The van der Waals surface area contributed by atoms with Crippen LogP contribution in [0.2, 0.25) is 0 Å². The van der Waals surface area contributed by atoms with Gasteiger partial charge < -0.3 is 5.32 Å². The second-order valence-corrected chi connectivity index (χ2v) is 6.67. The fraction of sp³-hybridized carbons (Fsp3) is 0.588. The fourth-order valence-electron chi connectivity index (χ4n) is 2.08. The van der Waals surface area contributed by atoms with Gasteiger partial charge in [0, 0.05) is 11.4 Å². The van der Waals surface area contributed by atoms with Crippen LogP contribution in [0.3, 0.4) is 0 Å². The number of rotatable bonds is 5. The van der Waals surface area contributed by atoms with Crippen molar-refractivity contribution in [1.29, 1.82) is 0 Å². The van der Waals surface area contributed by atoms with Gasteiger partial charge in [-0.25, -0.2) is 0 Å². The third-order valence-electron chi connectivity index (χ3n) is 4.00. The molecule has 0 saturated carbocycles. The molecule has 2 nitrogen and oxygen atoms in total. The molecule has 0 aromatic heterocycles. The number of carbonyl (C=O) groups excluding carboxylic acids is 1. The first-order chi connectivity index (χ1) is 9.28. The molecule has 1 amide bonds. The second-order valence-electron chi connectivity index (χ2n) is 6.40. The Kier molecular flexibility index (Phi) is 5.64. The SMILES string of the molecule is CCC(CC)(CCl)NC(=O)c1ccc(C(C)(C)C)cc1. The molecule has 1 N–H and O–H groups in total. The Balaban J connectivity index is 2.88. The van der Waals surface area contributed by atoms with Crippen molar-refractivity contribution in [2.24, 2.45) is 0 Å². The van der Waals surface area contributed by atoms with Gasteiger partial charge in [0.25, 0.3) is 5.91 Å². The van der Waals surface area contributed by atoms with Crippen LogP contribution in [0.1, 0.15) is 63.4 Å². The molecule has 0 atom stereocenters. The fourth-order valence-corrected chi connectivity index (χ4v) is 2.53. The summed E-state index contributed by atoms with van der Waals surface area (Å²) in [5.74, 6) is 0.390. The average Bonchev–Trinajstić information content (AvgIpc) is 2.44. The Bertz CT molecular complexity index is 433. The molecule has 1 aromatic carbocycles. The minimum absolute atomic E-state index is 0.0465. The van der Waals surface area contributed by atoms with Crippen LogP contribution in [0.5, 0.6) is 0 Å². The number of alkyl halides is 1. The Morgan fingerprint density at radius 3 is 1.95 bits per heavy atom. The monoisotopic (exact) mass is 295 g/mol. The molecule has 1 aromatic rings. The van der Waals surface area contributed by atoms with Gasteiger partial charge in [-0.05, 0) is 36.0 Å². The highest BCUT2D eigenvalue weighted by Crippen LogP contribution is 2.23. The number of hydrogen-bond donors (Lipinski definition) is 1. The highest BCUT2D eigenvalue weighted by atomic mass is 35.5. The zero-order chi connectivity index (χ0) is 15.4. The molecule has 0 aliphatic carbocycles. The van der Waals surface area contributed by atoms with E-state index in [9.17, 15) is 4.79 Å². The zero-order valence-electron chi connectivity index (χ0n) is 13.2. The van der Waals surface area contributed by atoms with E-state index in [-0.39, 0.29) is 16.9 Å². The smallest absolute Gasteiger partial charge is 0.251 e. The summed E-state index contributed by atoms with van der Waals surface area (Å²) >= 11 is 6.03. The minimum atomic E-state index is -0.304. The van der Waals surface area contributed by atoms with Crippen molar-refractivity contribution in [3.63, 3.8) is 0 Å². The van der Waals surface area contributed by atoms with Crippen molar-refractivity contribution in [2.75, 3.05) is 5.88 Å². The minimum Gasteiger partial charge on any atom is -0.345 e. The van der Waals surface area contributed by atoms with Crippen molar-refractivity contribution in [1.82, 2.24) is 5.32 Å². The lowest BCUT2D eigenvalue weighted by atomic mass is 9.86. The van der Waals surface area contributed by atoms with Gasteiger partial charge in [-0.15, -0.1) is 11.6 Å². The maximum absolute atomic E-state index is 12.3. The van der Waals surface area contributed by atoms with Gasteiger partial charge >= 0.3 is 0 Å². The highest BCUT2D eigenvalue weighted by molar-refractivity contribution is 6.19. The predicted octanol–water partition coefficient (Wildman–Crippen LogP) is 4.51. The lowest BCUT2D eigenvalue weighted by Gasteiger charge is -2.30. The topological polar surface area (TPSA) is 29.1 Å². The van der Waals surface area contributed by atoms with Gasteiger partial charge in [0.15, 0.2) is 0 Å². The van der Waals surface area contributed by atoms with Gasteiger partial charge in [-0.1, -0.05) is 46.8 Å². The largest absolute Gasteiger partial charge is 0.345 e. The van der Waals surface area contributed by atoms with E-state index < -0.39 is 0 Å². The average molecular weight is 296 g/mol. The molecule has 0 saturated heterocycles. The number of benzene rings is 1. The normalized spacial score (nSPS) is 12.3. The maximum atomic E-state index is 12.3. The summed E-state index contributed by atoms with van der Waals surface area (Å²) in [6.07, 6.45) is 1.66. The van der Waals surface area contributed by atoms with Crippen LogP contribution in [-0.2, 0) is 5.41 Å². The summed E-state index contributed by atoms with van der Waals surface area (Å²) < 4.78 is 0. The van der Waals surface area contributed by atoms with Gasteiger partial charge in [0.1, 0.15) is 0 Å². The molecule has 1 rings (SSSR count). The molecule has 0 aliphatic rings. The molecule has 0 bridgehead atoms. The van der Waals surface area contributed by atoms with Crippen LogP contribution in [0.25, 0.3) is 0 Å². The first kappa shape index (κ1) is 17.0. The van der Waals surface area contributed by atoms with E-state index in [1.54, 1.807) is 0 Å². The summed E-state index contributed by atoms with van der Waals surface area (Å²) in [4.78, 5) is 12.3. The number of halogens is 1. The first-order valence-electron chi connectivity index (χ1n) is 7.27. The lowest BCUT2D eigenvalue weighted by Crippen LogP contribution is -2.49. The Hall–Kier alpha value is -1.02. The molecule has 20 heavy (non-hydrogen) atoms. The van der Waals surface area contributed by atoms with Crippen LogP contribution in [-0.4, -0.2) is 17.3 Å². The Morgan fingerprint density at radius 2 is 1.60 bits per heavy atom. The number of nitrogens with one attached hydrogen (secondary N) is 1. The molecule has 0 aliphatic heterocycles. The molecule has 112 valence electrons. The quantitative estimate of drug-likeness (QED) is 0.796. The zero-order valence-corrected chi connectivity index (χ0v) is 14.0. The molecule has 0 spiro atoms. The van der Waals surface area contributed by atoms with Gasteiger partial charge in [0.2, 0.25) is 0 Å². The lowest BCUT2D eigenvalue weighted by molar-refractivity contribution is 0.0902. The van der Waals surface area contributed by atoms with E-state index in [0.29, 0.717) is 11.4 Å². The van der Waals surface area contributed by atoms with Crippen LogP contribution in [0, 0.1) is 0 Å². The standard InChI is InChI=1S/C17H26ClNO/c1-6-17(7-2,12-18)19-15(20)13-8-10-14(11-9-13)16(3,4)5/h8-11H,6-7,12H2,1-5H3,(H,19,20). The van der Waals surface area contributed by atoms with E-state index in [1.165, 1.54) is 5.56 Å². The van der Waals surface area contributed by atoms with Crippen molar-refractivity contribution in [2.45, 2.75) is 58.4 Å². The molecule has 3 heteroatoms. The van der Waals surface area contributed by atoms with Crippen LogP contribution < -0.4 is 5.32 Å². The van der Waals surface area contributed by atoms with E-state index in [1.807, 2.05) is 24.3 Å². The molecule has 0 unspecified atom stereocenters. The molecular weight excluding hydrogens is 270 g/mol. The van der Waals surface area contributed by atoms with Crippen LogP contribution in [0.4, 0.5) is 0 Å². The summed E-state index contributed by atoms with van der Waals surface area (Å²) in [5.41, 5.74) is 1.71. The number of carbonyl (C=O) groups is 1. The van der Waals surface area contributed by atoms with Gasteiger partial charge in [-0.2, -0.15) is 0 Å². The van der Waals surface area contributed by atoms with Crippen LogP contribution >= 0.6 is 11.6 Å². The van der Waals surface area contributed by atoms with E-state index in [2.05, 4.69) is 39.9 Å².